The Hall–Kier alpha value is -5.07. The van der Waals surface area contributed by atoms with Crippen LogP contribution in [-0.2, 0) is 20.2 Å². The van der Waals surface area contributed by atoms with E-state index < -0.39 is 29.8 Å². The molecular formula is C42H48F2N6O5. The summed E-state index contributed by atoms with van der Waals surface area (Å²) in [5.74, 6) is -2.96. The van der Waals surface area contributed by atoms with Gasteiger partial charge in [0.15, 0.2) is 0 Å². The van der Waals surface area contributed by atoms with Crippen molar-refractivity contribution in [3.63, 3.8) is 0 Å². The second-order valence-corrected chi connectivity index (χ2v) is 17.1. The van der Waals surface area contributed by atoms with Crippen LogP contribution in [0.25, 0.3) is 28.0 Å². The van der Waals surface area contributed by atoms with Crippen molar-refractivity contribution < 1.29 is 32.6 Å². The molecule has 3 atom stereocenters. The number of alkyl halides is 2. The Bertz CT molecular complexity index is 2130. The minimum absolute atomic E-state index is 0.0565. The molecule has 3 aromatic rings. The van der Waals surface area contributed by atoms with Crippen LogP contribution in [0.2, 0.25) is 0 Å². The Morgan fingerprint density at radius 2 is 1.69 bits per heavy atom. The zero-order chi connectivity index (χ0) is 39.0. The van der Waals surface area contributed by atoms with E-state index in [1.54, 1.807) is 35.5 Å². The Morgan fingerprint density at radius 3 is 2.35 bits per heavy atom. The Kier molecular flexibility index (Phi) is 8.92. The molecule has 11 nitrogen and oxygen atoms in total. The molecule has 3 aliphatic heterocycles. The molecule has 4 heterocycles. The maximum Gasteiger partial charge on any atom is 0.410 e. The number of aromatic amines is 1. The number of benzene rings is 2. The molecule has 0 unspecified atom stereocenters. The first-order valence-corrected chi connectivity index (χ1v) is 19.2. The fourth-order valence-corrected chi connectivity index (χ4v) is 8.66. The van der Waals surface area contributed by atoms with Crippen LogP contribution in [-0.4, -0.2) is 81.5 Å². The van der Waals surface area contributed by atoms with Crippen molar-refractivity contribution in [2.24, 2.45) is 16.3 Å². The summed E-state index contributed by atoms with van der Waals surface area (Å²) in [5, 5.41) is 2.71. The molecule has 2 aromatic carbocycles. The highest BCUT2D eigenvalue weighted by molar-refractivity contribution is 6.04. The standard InChI is InChI=1S/C42H48F2N6O5/c1-23(2)35(48-38(52)54-6)37(51)50-22-41(13-14-41)19-34(50)31-18-26(20-45-31)24-9-11-27-28-12-10-25(17-30(28)42(43,44)29(27)16-24)32-21-46-36(47-32)33-8-7-15-49(33)39(53)55-40(3,4)5/h9-12,16-17,20-21,23,33-35H,7-8,13-15,18-19,22H2,1-6H3,(H,46,47)(H,48,52)/t33-,34-,35-/m0/s1. The van der Waals surface area contributed by atoms with E-state index in [-0.39, 0.29) is 40.5 Å². The van der Waals surface area contributed by atoms with Crippen molar-refractivity contribution >= 4 is 29.4 Å². The highest BCUT2D eigenvalue weighted by Gasteiger charge is 2.55. The molecule has 0 radical (unpaired) electrons. The van der Waals surface area contributed by atoms with Gasteiger partial charge in [0.2, 0.25) is 5.91 Å². The third-order valence-corrected chi connectivity index (χ3v) is 11.8. The van der Waals surface area contributed by atoms with E-state index >= 15 is 8.78 Å². The van der Waals surface area contributed by atoms with Crippen LogP contribution in [0.15, 0.2) is 53.8 Å². The number of H-pyrrole nitrogens is 1. The number of likely N-dealkylation sites (tertiary alicyclic amines) is 2. The van der Waals surface area contributed by atoms with Crippen molar-refractivity contribution in [3.8, 4) is 22.4 Å². The average molecular weight is 755 g/mol. The third-order valence-electron chi connectivity index (χ3n) is 11.8. The average Bonchev–Trinajstić information content (AvgIpc) is 3.73. The fraction of sp³-hybridized carbons (Fsp3) is 0.500. The summed E-state index contributed by atoms with van der Waals surface area (Å²) < 4.78 is 43.2. The summed E-state index contributed by atoms with van der Waals surface area (Å²) in [5.41, 5.74) is 3.76. The number of allylic oxidation sites excluding steroid dienone is 1. The number of ether oxygens (including phenoxy) is 2. The number of hydrogen-bond acceptors (Lipinski definition) is 7. The van der Waals surface area contributed by atoms with E-state index in [2.05, 4.69) is 15.3 Å². The normalized spacial score (nSPS) is 22.3. The summed E-state index contributed by atoms with van der Waals surface area (Å²) in [4.78, 5) is 55.1. The molecule has 290 valence electrons. The molecule has 8 rings (SSSR count). The first-order chi connectivity index (χ1) is 26.1. The predicted octanol–water partition coefficient (Wildman–Crippen LogP) is 8.22. The molecule has 3 amide bonds. The van der Waals surface area contributed by atoms with Gasteiger partial charge < -0.3 is 24.7 Å². The second-order valence-electron chi connectivity index (χ2n) is 17.1. The molecule has 0 bridgehead atoms. The van der Waals surface area contributed by atoms with Crippen molar-refractivity contribution in [2.45, 2.75) is 103 Å². The number of methoxy groups -OCH3 is 1. The number of aliphatic imine (C=N–C) groups is 1. The van der Waals surface area contributed by atoms with E-state index in [4.69, 9.17) is 14.5 Å². The van der Waals surface area contributed by atoms with Crippen LogP contribution < -0.4 is 5.32 Å². The van der Waals surface area contributed by atoms with Gasteiger partial charge in [-0.05, 0) is 98.6 Å². The molecule has 2 N–H and O–H groups in total. The van der Waals surface area contributed by atoms with Gasteiger partial charge in [0, 0.05) is 48.1 Å². The molecule has 1 aromatic heterocycles. The lowest BCUT2D eigenvalue weighted by Crippen LogP contribution is -2.53. The number of fused-ring (bicyclic) bond motifs is 3. The van der Waals surface area contributed by atoms with Gasteiger partial charge in [-0.25, -0.2) is 14.6 Å². The zero-order valence-electron chi connectivity index (χ0n) is 32.2. The molecule has 55 heavy (non-hydrogen) atoms. The Labute approximate surface area is 319 Å². The first kappa shape index (κ1) is 36.9. The number of aromatic nitrogens is 2. The molecule has 13 heteroatoms. The minimum atomic E-state index is -3.24. The summed E-state index contributed by atoms with van der Waals surface area (Å²) in [6, 6.07) is 9.04. The van der Waals surface area contributed by atoms with Crippen LogP contribution in [0, 0.1) is 11.3 Å². The minimum Gasteiger partial charge on any atom is -0.453 e. The van der Waals surface area contributed by atoms with E-state index in [1.807, 2.05) is 51.7 Å². The number of amides is 3. The number of rotatable bonds is 7. The van der Waals surface area contributed by atoms with Crippen molar-refractivity contribution in [1.29, 1.82) is 0 Å². The Balaban J connectivity index is 0.990. The van der Waals surface area contributed by atoms with E-state index in [9.17, 15) is 14.4 Å². The summed E-state index contributed by atoms with van der Waals surface area (Å²) in [6.07, 6.45) is 7.17. The number of nitrogens with zero attached hydrogens (tertiary/aromatic N) is 4. The largest absolute Gasteiger partial charge is 0.453 e. The highest BCUT2D eigenvalue weighted by Crippen LogP contribution is 2.56. The number of carbonyl (C=O) groups is 3. The number of hydrogen-bond donors (Lipinski definition) is 2. The van der Waals surface area contributed by atoms with Gasteiger partial charge in [-0.3, -0.25) is 14.7 Å². The predicted molar refractivity (Wildman–Crippen MR) is 203 cm³/mol. The van der Waals surface area contributed by atoms with Crippen LogP contribution in [0.4, 0.5) is 18.4 Å². The first-order valence-electron chi connectivity index (χ1n) is 19.2. The van der Waals surface area contributed by atoms with Crippen molar-refractivity contribution in [1.82, 2.24) is 25.1 Å². The maximum atomic E-state index is 16.4. The number of carbonyl (C=O) groups excluding carboxylic acids is 3. The van der Waals surface area contributed by atoms with Crippen LogP contribution in [0.1, 0.15) is 102 Å². The van der Waals surface area contributed by atoms with E-state index in [1.165, 1.54) is 13.2 Å². The number of imidazole rings is 1. The zero-order valence-corrected chi connectivity index (χ0v) is 32.2. The fourth-order valence-electron chi connectivity index (χ4n) is 8.66. The van der Waals surface area contributed by atoms with Gasteiger partial charge in [0.05, 0.1) is 31.1 Å². The number of halogens is 2. The van der Waals surface area contributed by atoms with Crippen molar-refractivity contribution in [3.05, 3.63) is 71.3 Å². The van der Waals surface area contributed by atoms with E-state index in [0.717, 1.165) is 43.4 Å². The molecule has 3 fully saturated rings. The number of nitrogens with one attached hydrogen (secondary N) is 2. The SMILES string of the molecule is COC(=O)N[C@H](C(=O)N1CC2(CC2)C[C@H]1C1=NC=C(c2ccc3c(c2)C(F)(F)c2cc(-c4cnc([C@@H]5CCCN5C(=O)OC(C)(C)C)[nH]4)ccc2-3)C1)C(C)C. The molecule has 2 saturated heterocycles. The van der Waals surface area contributed by atoms with Gasteiger partial charge in [-0.2, -0.15) is 8.78 Å². The lowest BCUT2D eigenvalue weighted by Gasteiger charge is -2.31. The second kappa shape index (κ2) is 13.3. The Morgan fingerprint density at radius 1 is 1.00 bits per heavy atom. The van der Waals surface area contributed by atoms with Crippen LogP contribution >= 0.6 is 0 Å². The molecule has 1 spiro atoms. The van der Waals surface area contributed by atoms with Gasteiger partial charge in [0.1, 0.15) is 17.5 Å². The number of alkyl carbamates (subject to hydrolysis) is 1. The van der Waals surface area contributed by atoms with Crippen molar-refractivity contribution in [2.75, 3.05) is 20.2 Å². The quantitative estimate of drug-likeness (QED) is 0.250. The molecule has 1 saturated carbocycles. The van der Waals surface area contributed by atoms with Gasteiger partial charge in [-0.15, -0.1) is 0 Å². The lowest BCUT2D eigenvalue weighted by molar-refractivity contribution is -0.134. The molecule has 5 aliphatic rings. The van der Waals surface area contributed by atoms with Gasteiger partial charge >= 0.3 is 12.2 Å². The third kappa shape index (κ3) is 6.69. The molecular weight excluding hydrogens is 706 g/mol. The monoisotopic (exact) mass is 754 g/mol. The summed E-state index contributed by atoms with van der Waals surface area (Å²) >= 11 is 0. The van der Waals surface area contributed by atoms with Crippen LogP contribution in [0.5, 0.6) is 0 Å². The summed E-state index contributed by atoms with van der Waals surface area (Å²) in [7, 11) is 1.28. The highest BCUT2D eigenvalue weighted by atomic mass is 19.3. The maximum absolute atomic E-state index is 16.4. The smallest absolute Gasteiger partial charge is 0.410 e. The topological polar surface area (TPSA) is 129 Å². The van der Waals surface area contributed by atoms with E-state index in [0.29, 0.717) is 53.3 Å². The van der Waals surface area contributed by atoms with Crippen LogP contribution in [0.3, 0.4) is 0 Å². The lowest BCUT2D eigenvalue weighted by atomic mass is 9.93. The van der Waals surface area contributed by atoms with Gasteiger partial charge in [0.25, 0.3) is 5.92 Å². The van der Waals surface area contributed by atoms with Gasteiger partial charge in [-0.1, -0.05) is 38.1 Å². The summed E-state index contributed by atoms with van der Waals surface area (Å²) in [6.45, 7) is 10.4. The molecule has 2 aliphatic carbocycles.